The number of nitrogens with zero attached hydrogens (tertiary/aromatic N) is 2. The molecule has 3 rings (SSSR count). The van der Waals surface area contributed by atoms with Gasteiger partial charge in [0.2, 0.25) is 0 Å². The molecule has 0 unspecified atom stereocenters. The van der Waals surface area contributed by atoms with E-state index in [9.17, 15) is 28.0 Å². The van der Waals surface area contributed by atoms with Crippen LogP contribution < -0.4 is 15.6 Å². The molecule has 0 aliphatic carbocycles. The molecule has 3 aromatic rings. The van der Waals surface area contributed by atoms with E-state index < -0.39 is 23.2 Å². The topological polar surface area (TPSA) is 84.1 Å². The normalized spacial score (nSPS) is 11.2. The number of halogens is 3. The van der Waals surface area contributed by atoms with Gasteiger partial charge in [0.1, 0.15) is 0 Å². The predicted octanol–water partition coefficient (Wildman–Crippen LogP) is 3.80. The van der Waals surface area contributed by atoms with Crippen LogP contribution in [0.15, 0.2) is 47.3 Å². The van der Waals surface area contributed by atoms with E-state index in [0.717, 1.165) is 6.07 Å². The molecule has 9 heteroatoms. The molecule has 2 aromatic carbocycles. The zero-order valence-corrected chi connectivity index (χ0v) is 17.4. The molecule has 166 valence electrons. The molecule has 0 saturated carbocycles. The van der Waals surface area contributed by atoms with E-state index in [2.05, 4.69) is 5.32 Å². The van der Waals surface area contributed by atoms with Gasteiger partial charge in [0.25, 0.3) is 11.5 Å². The fourth-order valence-electron chi connectivity index (χ4n) is 3.59. The number of pyridine rings is 1. The van der Waals surface area contributed by atoms with E-state index in [0.29, 0.717) is 16.5 Å². The number of benzene rings is 2. The number of alkyl halides is 3. The van der Waals surface area contributed by atoms with Gasteiger partial charge in [0, 0.05) is 19.0 Å². The number of aryl methyl sites for hydroxylation is 2. The first kappa shape index (κ1) is 22.9. The molecule has 0 spiro atoms. The molecule has 0 radical (unpaired) electrons. The number of nitriles is 1. The van der Waals surface area contributed by atoms with Gasteiger partial charge in [0.05, 0.1) is 35.4 Å². The van der Waals surface area contributed by atoms with Crippen LogP contribution in [0.25, 0.3) is 10.9 Å². The second-order valence-corrected chi connectivity index (χ2v) is 7.13. The number of nitrogens with one attached hydrogen (secondary N) is 1. The van der Waals surface area contributed by atoms with Crippen molar-refractivity contribution in [3.63, 3.8) is 0 Å². The van der Waals surface area contributed by atoms with Crippen molar-refractivity contribution in [1.82, 2.24) is 9.88 Å². The number of rotatable bonds is 6. The van der Waals surface area contributed by atoms with Crippen LogP contribution in [-0.4, -0.2) is 24.1 Å². The van der Waals surface area contributed by atoms with Gasteiger partial charge in [-0.2, -0.15) is 18.4 Å². The average molecular weight is 443 g/mol. The van der Waals surface area contributed by atoms with E-state index in [1.807, 2.05) is 6.07 Å². The Morgan fingerprint density at radius 1 is 1.22 bits per heavy atom. The average Bonchev–Trinajstić information content (AvgIpc) is 2.77. The molecule has 0 fully saturated rings. The SMILES string of the molecule is COc1c(C(=O)NCCCc2ccccc2C(F)(F)F)c2cc(C#N)ccc2n(C)c1=O. The van der Waals surface area contributed by atoms with Crippen LogP contribution >= 0.6 is 0 Å². The first-order valence-corrected chi connectivity index (χ1v) is 9.73. The number of carbonyl (C=O) groups excluding carboxylic acids is 1. The summed E-state index contributed by atoms with van der Waals surface area (Å²) >= 11 is 0. The summed E-state index contributed by atoms with van der Waals surface area (Å²) in [4.78, 5) is 25.6. The zero-order chi connectivity index (χ0) is 23.5. The highest BCUT2D eigenvalue weighted by Gasteiger charge is 2.32. The van der Waals surface area contributed by atoms with Gasteiger partial charge in [-0.25, -0.2) is 0 Å². The van der Waals surface area contributed by atoms with Crippen LogP contribution in [0.5, 0.6) is 5.75 Å². The number of carbonyl (C=O) groups is 1. The summed E-state index contributed by atoms with van der Waals surface area (Å²) < 4.78 is 45.9. The molecule has 1 amide bonds. The fourth-order valence-corrected chi connectivity index (χ4v) is 3.59. The first-order chi connectivity index (χ1) is 15.2. The number of hydrogen-bond acceptors (Lipinski definition) is 4. The Kier molecular flexibility index (Phi) is 6.53. The Hall–Kier alpha value is -3.80. The van der Waals surface area contributed by atoms with Crippen molar-refractivity contribution in [3.05, 3.63) is 75.1 Å². The minimum Gasteiger partial charge on any atom is -0.490 e. The number of amides is 1. The third-order valence-electron chi connectivity index (χ3n) is 5.14. The van der Waals surface area contributed by atoms with Gasteiger partial charge >= 0.3 is 6.18 Å². The summed E-state index contributed by atoms with van der Waals surface area (Å²) in [5, 5.41) is 12.2. The second-order valence-electron chi connectivity index (χ2n) is 7.13. The smallest absolute Gasteiger partial charge is 0.416 e. The summed E-state index contributed by atoms with van der Waals surface area (Å²) in [7, 11) is 2.79. The Labute approximate surface area is 181 Å². The van der Waals surface area contributed by atoms with Gasteiger partial charge < -0.3 is 14.6 Å². The first-order valence-electron chi connectivity index (χ1n) is 9.73. The lowest BCUT2D eigenvalue weighted by Gasteiger charge is -2.15. The maximum atomic E-state index is 13.1. The Morgan fingerprint density at radius 2 is 1.94 bits per heavy atom. The third-order valence-corrected chi connectivity index (χ3v) is 5.14. The molecule has 32 heavy (non-hydrogen) atoms. The predicted molar refractivity (Wildman–Crippen MR) is 113 cm³/mol. The molecule has 0 aliphatic rings. The maximum absolute atomic E-state index is 13.1. The van der Waals surface area contributed by atoms with Crippen LogP contribution in [0.1, 0.15) is 33.5 Å². The Bertz CT molecular complexity index is 1270. The van der Waals surface area contributed by atoms with E-state index >= 15 is 0 Å². The molecule has 0 bridgehead atoms. The molecule has 1 N–H and O–H groups in total. The highest BCUT2D eigenvalue weighted by molar-refractivity contribution is 6.08. The summed E-state index contributed by atoms with van der Waals surface area (Å²) in [5.74, 6) is -0.779. The number of methoxy groups -OCH3 is 1. The highest BCUT2D eigenvalue weighted by atomic mass is 19.4. The summed E-state index contributed by atoms with van der Waals surface area (Å²) in [6, 6.07) is 11.9. The van der Waals surface area contributed by atoms with Gasteiger partial charge in [0.15, 0.2) is 5.75 Å². The number of fused-ring (bicyclic) bond motifs is 1. The second kappa shape index (κ2) is 9.14. The van der Waals surface area contributed by atoms with Crippen molar-refractivity contribution < 1.29 is 22.7 Å². The third kappa shape index (κ3) is 4.44. The number of aromatic nitrogens is 1. The maximum Gasteiger partial charge on any atom is 0.416 e. The lowest BCUT2D eigenvalue weighted by molar-refractivity contribution is -0.138. The largest absolute Gasteiger partial charge is 0.490 e. The van der Waals surface area contributed by atoms with Crippen molar-refractivity contribution in [3.8, 4) is 11.8 Å². The summed E-state index contributed by atoms with van der Waals surface area (Å²) in [5.41, 5.74) is -0.346. The molecular weight excluding hydrogens is 423 g/mol. The molecule has 1 heterocycles. The van der Waals surface area contributed by atoms with Crippen LogP contribution in [0, 0.1) is 11.3 Å². The van der Waals surface area contributed by atoms with E-state index in [1.165, 1.54) is 49.1 Å². The van der Waals surface area contributed by atoms with Crippen molar-refractivity contribution in [2.45, 2.75) is 19.0 Å². The lowest BCUT2D eigenvalue weighted by atomic mass is 10.0. The van der Waals surface area contributed by atoms with Crippen LogP contribution in [0.4, 0.5) is 13.2 Å². The van der Waals surface area contributed by atoms with E-state index in [-0.39, 0.29) is 36.3 Å². The van der Waals surface area contributed by atoms with Crippen LogP contribution in [-0.2, 0) is 19.6 Å². The summed E-state index contributed by atoms with van der Waals surface area (Å²) in [6.45, 7) is 0.0861. The Morgan fingerprint density at radius 3 is 2.59 bits per heavy atom. The van der Waals surface area contributed by atoms with Gasteiger partial charge in [-0.05, 0) is 42.7 Å². The van der Waals surface area contributed by atoms with Crippen molar-refractivity contribution in [1.29, 1.82) is 5.26 Å². The molecular formula is C23H20F3N3O3. The standard InChI is InChI=1S/C23H20F3N3O3/c1-29-18-10-9-14(13-27)12-16(18)19(20(32-2)22(29)31)21(30)28-11-5-7-15-6-3-4-8-17(15)23(24,25)26/h3-4,6,8-10,12H,5,7,11H2,1-2H3,(H,28,30). The monoisotopic (exact) mass is 443 g/mol. The van der Waals surface area contributed by atoms with Gasteiger partial charge in [-0.3, -0.25) is 9.59 Å². The minimum absolute atomic E-state index is 0.0154. The highest BCUT2D eigenvalue weighted by Crippen LogP contribution is 2.32. The molecule has 0 saturated heterocycles. The Balaban J connectivity index is 1.85. The molecule has 0 aliphatic heterocycles. The van der Waals surface area contributed by atoms with Gasteiger partial charge in [-0.15, -0.1) is 0 Å². The van der Waals surface area contributed by atoms with Crippen molar-refractivity contribution in [2.75, 3.05) is 13.7 Å². The number of hydrogen-bond donors (Lipinski definition) is 1. The van der Waals surface area contributed by atoms with Crippen molar-refractivity contribution >= 4 is 16.8 Å². The quantitative estimate of drug-likeness (QED) is 0.588. The van der Waals surface area contributed by atoms with E-state index in [1.54, 1.807) is 6.07 Å². The number of ether oxygens (including phenoxy) is 1. The molecule has 0 atom stereocenters. The zero-order valence-electron chi connectivity index (χ0n) is 17.4. The van der Waals surface area contributed by atoms with Crippen molar-refractivity contribution in [2.24, 2.45) is 7.05 Å². The van der Waals surface area contributed by atoms with Gasteiger partial charge in [-0.1, -0.05) is 18.2 Å². The molecule has 1 aromatic heterocycles. The van der Waals surface area contributed by atoms with E-state index in [4.69, 9.17) is 4.74 Å². The minimum atomic E-state index is -4.45. The van der Waals surface area contributed by atoms with Crippen LogP contribution in [0.3, 0.4) is 0 Å². The lowest BCUT2D eigenvalue weighted by Crippen LogP contribution is -2.29. The summed E-state index contributed by atoms with van der Waals surface area (Å²) in [6.07, 6.45) is -4.08. The molecule has 6 nitrogen and oxygen atoms in total. The van der Waals surface area contributed by atoms with Crippen LogP contribution in [0.2, 0.25) is 0 Å². The fraction of sp³-hybridized carbons (Fsp3) is 0.261.